The number of nitro groups is 1. The third-order valence-corrected chi connectivity index (χ3v) is 5.00. The predicted octanol–water partition coefficient (Wildman–Crippen LogP) is 0.611. The van der Waals surface area contributed by atoms with Crippen LogP contribution in [0.3, 0.4) is 0 Å². The fraction of sp³-hybridized carbons (Fsp3) is 0.125. The molecule has 0 saturated heterocycles. The molecule has 1 amide bonds. The molecular formula is C16H10N6O6. The molecule has 1 unspecified atom stereocenters. The molecule has 1 atom stereocenters. The van der Waals surface area contributed by atoms with Crippen molar-refractivity contribution in [2.45, 2.75) is 12.3 Å². The number of anilines is 3. The third kappa shape index (κ3) is 1.73. The van der Waals surface area contributed by atoms with E-state index in [1.807, 2.05) is 0 Å². The number of H-pyrrole nitrogens is 2. The number of rotatable bonds is 1. The van der Waals surface area contributed by atoms with Crippen LogP contribution in [0.15, 0.2) is 32.3 Å². The van der Waals surface area contributed by atoms with Crippen LogP contribution in [0.25, 0.3) is 0 Å². The number of aromatic nitrogens is 3. The van der Waals surface area contributed by atoms with Crippen molar-refractivity contribution in [1.82, 2.24) is 15.1 Å². The van der Waals surface area contributed by atoms with Gasteiger partial charge >= 0.3 is 5.69 Å². The fourth-order valence-electron chi connectivity index (χ4n) is 3.97. The van der Waals surface area contributed by atoms with Gasteiger partial charge in [0.15, 0.2) is 0 Å². The molecule has 2 aromatic heterocycles. The summed E-state index contributed by atoms with van der Waals surface area (Å²) in [4.78, 5) is 53.1. The topological polar surface area (TPSA) is 176 Å². The van der Waals surface area contributed by atoms with Gasteiger partial charge in [0, 0.05) is 23.4 Å². The van der Waals surface area contributed by atoms with Gasteiger partial charge in [-0.25, -0.2) is 4.79 Å². The number of nitro benzene ring substituents is 1. The Labute approximate surface area is 153 Å². The van der Waals surface area contributed by atoms with Gasteiger partial charge in [0.05, 0.1) is 21.7 Å². The molecule has 5 rings (SSSR count). The predicted molar refractivity (Wildman–Crippen MR) is 93.8 cm³/mol. The number of aryl methyl sites for hydroxylation is 1. The summed E-state index contributed by atoms with van der Waals surface area (Å²) in [6.07, 6.45) is 0. The molecule has 0 radical (unpaired) electrons. The smallest absolute Gasteiger partial charge is 0.327 e. The molecule has 0 fully saturated rings. The molecule has 0 aliphatic carbocycles. The van der Waals surface area contributed by atoms with Crippen LogP contribution in [0.5, 0.6) is 0 Å². The van der Waals surface area contributed by atoms with E-state index in [2.05, 4.69) is 25.8 Å². The lowest BCUT2D eigenvalue weighted by Gasteiger charge is -2.32. The quantitative estimate of drug-likeness (QED) is 0.349. The number of hydrogen-bond donors (Lipinski definition) is 4. The van der Waals surface area contributed by atoms with Crippen molar-refractivity contribution in [3.05, 3.63) is 71.5 Å². The van der Waals surface area contributed by atoms with E-state index in [-0.39, 0.29) is 34.1 Å². The van der Waals surface area contributed by atoms with Crippen LogP contribution in [0.2, 0.25) is 0 Å². The van der Waals surface area contributed by atoms with Crippen molar-refractivity contribution in [2.24, 2.45) is 0 Å². The first-order chi connectivity index (χ1) is 13.3. The largest absolute Gasteiger partial charge is 0.338 e. The number of carbonyl (C=O) groups excluding carboxylic acids is 1. The Balaban J connectivity index is 1.99. The maximum absolute atomic E-state index is 13.3. The Kier molecular flexibility index (Phi) is 2.82. The summed E-state index contributed by atoms with van der Waals surface area (Å²) in [6.45, 7) is 1.58. The summed E-state index contributed by atoms with van der Waals surface area (Å²) >= 11 is 0. The third-order valence-electron chi connectivity index (χ3n) is 5.00. The van der Waals surface area contributed by atoms with Gasteiger partial charge in [-0.05, 0) is 13.0 Å². The van der Waals surface area contributed by atoms with Gasteiger partial charge in [-0.1, -0.05) is 5.16 Å². The number of hydrogen-bond acceptors (Lipinski definition) is 8. The Morgan fingerprint density at radius 1 is 1.14 bits per heavy atom. The van der Waals surface area contributed by atoms with E-state index in [1.54, 1.807) is 6.92 Å². The van der Waals surface area contributed by atoms with Crippen LogP contribution >= 0.6 is 0 Å². The first-order valence-electron chi connectivity index (χ1n) is 8.05. The van der Waals surface area contributed by atoms with Gasteiger partial charge in [-0.3, -0.25) is 29.7 Å². The molecule has 12 heteroatoms. The molecule has 2 aliphatic heterocycles. The summed E-state index contributed by atoms with van der Waals surface area (Å²) in [5.74, 6) is -0.608. The zero-order valence-corrected chi connectivity index (χ0v) is 14.1. The van der Waals surface area contributed by atoms with E-state index in [0.29, 0.717) is 11.4 Å². The normalized spacial score (nSPS) is 18.8. The zero-order valence-electron chi connectivity index (χ0n) is 14.1. The Bertz CT molecular complexity index is 1330. The molecule has 4 N–H and O–H groups in total. The average molecular weight is 382 g/mol. The van der Waals surface area contributed by atoms with Crippen molar-refractivity contribution < 1.29 is 14.2 Å². The first kappa shape index (κ1) is 16.0. The van der Waals surface area contributed by atoms with Crippen molar-refractivity contribution in [1.29, 1.82) is 0 Å². The second-order valence-electron chi connectivity index (χ2n) is 6.45. The van der Waals surface area contributed by atoms with Gasteiger partial charge in [-0.2, -0.15) is 0 Å². The molecule has 3 aromatic rings. The summed E-state index contributed by atoms with van der Waals surface area (Å²) in [5.41, 5.74) is -2.69. The zero-order chi connectivity index (χ0) is 19.8. The molecule has 4 heterocycles. The number of benzene rings is 1. The number of nitrogens with one attached hydrogen (secondary N) is 4. The van der Waals surface area contributed by atoms with Crippen LogP contribution in [0.1, 0.15) is 22.4 Å². The van der Waals surface area contributed by atoms with E-state index < -0.39 is 27.5 Å². The number of fused-ring (bicyclic) bond motifs is 6. The molecule has 12 nitrogen and oxygen atoms in total. The SMILES string of the molecule is Cc1noc2c1C1(C(=O)Nc3ccc([N+](=O)[O-])cc31)c1c([nH]c(=O)[nH]c1=O)N2. The number of nitrogens with zero attached hydrogens (tertiary/aromatic N) is 2. The Hall–Kier alpha value is -4.22. The lowest BCUT2D eigenvalue weighted by molar-refractivity contribution is -0.384. The molecule has 2 aliphatic rings. The van der Waals surface area contributed by atoms with Crippen molar-refractivity contribution in [2.75, 3.05) is 10.6 Å². The first-order valence-corrected chi connectivity index (χ1v) is 8.05. The molecular weight excluding hydrogens is 372 g/mol. The average Bonchev–Trinajstić information content (AvgIpc) is 3.13. The van der Waals surface area contributed by atoms with E-state index >= 15 is 0 Å². The highest BCUT2D eigenvalue weighted by molar-refractivity contribution is 6.14. The molecule has 1 spiro atoms. The Morgan fingerprint density at radius 3 is 2.68 bits per heavy atom. The van der Waals surface area contributed by atoms with E-state index in [0.717, 1.165) is 0 Å². The standard InChI is InChI=1S/C16H10N6O6/c1-5-9-13(28-21-5)18-11-10(12(23)20-15(25)19-11)16(9)7-4-6(22(26)27)2-3-8(7)17-14(16)24/h2-4H,1H3,(H,17,24)(H3,18,19,20,23,25). The lowest BCUT2D eigenvalue weighted by Crippen LogP contribution is -2.46. The number of amides is 1. The monoisotopic (exact) mass is 382 g/mol. The van der Waals surface area contributed by atoms with Crippen LogP contribution in [0.4, 0.5) is 23.1 Å². The molecule has 28 heavy (non-hydrogen) atoms. The van der Waals surface area contributed by atoms with Crippen LogP contribution in [-0.2, 0) is 10.2 Å². The lowest BCUT2D eigenvalue weighted by atomic mass is 9.69. The highest BCUT2D eigenvalue weighted by atomic mass is 16.6. The van der Waals surface area contributed by atoms with Crippen molar-refractivity contribution in [3.63, 3.8) is 0 Å². The van der Waals surface area contributed by atoms with Crippen LogP contribution in [0, 0.1) is 17.0 Å². The van der Waals surface area contributed by atoms with Gasteiger partial charge in [0.2, 0.25) is 11.8 Å². The summed E-state index contributed by atoms with van der Waals surface area (Å²) < 4.78 is 5.24. The summed E-state index contributed by atoms with van der Waals surface area (Å²) in [7, 11) is 0. The summed E-state index contributed by atoms with van der Waals surface area (Å²) in [5, 5.41) is 20.6. The van der Waals surface area contributed by atoms with E-state index in [9.17, 15) is 24.5 Å². The molecule has 0 saturated carbocycles. The molecule has 0 bridgehead atoms. The molecule has 140 valence electrons. The number of aromatic amines is 2. The van der Waals surface area contributed by atoms with Gasteiger partial charge < -0.3 is 15.2 Å². The Morgan fingerprint density at radius 2 is 1.93 bits per heavy atom. The highest BCUT2D eigenvalue weighted by Gasteiger charge is 2.58. The minimum absolute atomic E-state index is 0.0492. The van der Waals surface area contributed by atoms with Gasteiger partial charge in [0.1, 0.15) is 11.2 Å². The number of non-ortho nitro benzene ring substituents is 1. The van der Waals surface area contributed by atoms with Crippen molar-refractivity contribution in [3.8, 4) is 0 Å². The number of carbonyl (C=O) groups is 1. The highest BCUT2D eigenvalue weighted by Crippen LogP contribution is 2.54. The maximum Gasteiger partial charge on any atom is 0.327 e. The molecule has 1 aromatic carbocycles. The minimum Gasteiger partial charge on any atom is -0.338 e. The van der Waals surface area contributed by atoms with Gasteiger partial charge in [0.25, 0.3) is 11.2 Å². The second-order valence-corrected chi connectivity index (χ2v) is 6.45. The van der Waals surface area contributed by atoms with Crippen molar-refractivity contribution >= 4 is 29.0 Å². The van der Waals surface area contributed by atoms with Gasteiger partial charge in [-0.15, -0.1) is 0 Å². The van der Waals surface area contributed by atoms with Crippen LogP contribution < -0.4 is 21.9 Å². The van der Waals surface area contributed by atoms with E-state index in [4.69, 9.17) is 4.52 Å². The minimum atomic E-state index is -1.78. The van der Waals surface area contributed by atoms with Crippen LogP contribution in [-0.4, -0.2) is 26.0 Å². The van der Waals surface area contributed by atoms with E-state index in [1.165, 1.54) is 18.2 Å². The second kappa shape index (κ2) is 4.94. The maximum atomic E-state index is 13.3. The summed E-state index contributed by atoms with van der Waals surface area (Å²) in [6, 6.07) is 3.87. The fourth-order valence-corrected chi connectivity index (χ4v) is 3.97.